The lowest BCUT2D eigenvalue weighted by Gasteiger charge is -2.24. The Kier molecular flexibility index (Phi) is 10.6. The third-order valence-electron chi connectivity index (χ3n) is 6.41. The van der Waals surface area contributed by atoms with Gasteiger partial charge in [-0.2, -0.15) is 0 Å². The second kappa shape index (κ2) is 12.1. The summed E-state index contributed by atoms with van der Waals surface area (Å²) < 4.78 is 0. The number of carbonyl (C=O) groups excluding carboxylic acids is 3. The number of carbonyl (C=O) groups is 3. The number of aromatic amines is 1. The van der Waals surface area contributed by atoms with Crippen LogP contribution in [0.1, 0.15) is 125 Å². The highest BCUT2D eigenvalue weighted by molar-refractivity contribution is 5.92. The van der Waals surface area contributed by atoms with E-state index in [2.05, 4.69) is 11.9 Å². The van der Waals surface area contributed by atoms with Gasteiger partial charge in [-0.25, -0.2) is 0 Å². The van der Waals surface area contributed by atoms with Crippen LogP contribution >= 0.6 is 0 Å². The van der Waals surface area contributed by atoms with E-state index in [1.807, 2.05) is 27.7 Å². The summed E-state index contributed by atoms with van der Waals surface area (Å²) in [5.41, 5.74) is 2.66. The summed E-state index contributed by atoms with van der Waals surface area (Å²) in [6, 6.07) is 0. The van der Waals surface area contributed by atoms with Gasteiger partial charge in [0.15, 0.2) is 6.29 Å². The molecule has 0 amide bonds. The van der Waals surface area contributed by atoms with E-state index in [0.717, 1.165) is 42.4 Å². The Bertz CT molecular complexity index is 684. The van der Waals surface area contributed by atoms with Gasteiger partial charge in [-0.15, -0.1) is 0 Å². The second-order valence-corrected chi connectivity index (χ2v) is 9.22. The highest BCUT2D eigenvalue weighted by Gasteiger charge is 2.32. The molecule has 0 bridgehead atoms. The van der Waals surface area contributed by atoms with Crippen LogP contribution in [0.4, 0.5) is 0 Å². The molecular formula is C25H41NO3. The van der Waals surface area contributed by atoms with Crippen LogP contribution in [0.15, 0.2) is 0 Å². The zero-order valence-electron chi connectivity index (χ0n) is 19.5. The van der Waals surface area contributed by atoms with Crippen molar-refractivity contribution in [2.24, 2.45) is 5.41 Å². The molecule has 1 heterocycles. The zero-order chi connectivity index (χ0) is 22.0. The zero-order valence-corrected chi connectivity index (χ0v) is 19.5. The van der Waals surface area contributed by atoms with Gasteiger partial charge in [-0.3, -0.25) is 14.4 Å². The molecule has 0 radical (unpaired) electrons. The molecule has 29 heavy (non-hydrogen) atoms. The first kappa shape index (κ1) is 25.3. The number of rotatable bonds is 15. The number of unbranched alkanes of at least 4 members (excludes halogenated alkanes) is 7. The number of aromatic nitrogens is 1. The molecule has 0 aliphatic rings. The standard InChI is InChI=1S/C25H41NO3/c1-7-8-9-10-11-12-13-14-15-21(23(29)16-25(5,6)20(4)28)24-19(3)18(2)22(17-27)26-24/h17,21,26H,7-16H2,1-6H3. The van der Waals surface area contributed by atoms with E-state index in [0.29, 0.717) is 5.69 Å². The van der Waals surface area contributed by atoms with Gasteiger partial charge in [0.2, 0.25) is 0 Å². The third-order valence-corrected chi connectivity index (χ3v) is 6.41. The first-order chi connectivity index (χ1) is 13.7. The van der Waals surface area contributed by atoms with Crippen molar-refractivity contribution in [2.45, 2.75) is 112 Å². The predicted molar refractivity (Wildman–Crippen MR) is 120 cm³/mol. The quantitative estimate of drug-likeness (QED) is 0.264. The lowest BCUT2D eigenvalue weighted by atomic mass is 9.78. The molecule has 0 aliphatic heterocycles. The Balaban J connectivity index is 2.83. The van der Waals surface area contributed by atoms with Gasteiger partial charge < -0.3 is 4.98 Å². The fraction of sp³-hybridized carbons (Fsp3) is 0.720. The number of Topliss-reactive ketones (excluding diaryl/α,β-unsaturated/α-hetero) is 2. The van der Waals surface area contributed by atoms with Crippen molar-refractivity contribution in [3.8, 4) is 0 Å². The van der Waals surface area contributed by atoms with Gasteiger partial charge in [-0.1, -0.05) is 72.1 Å². The van der Waals surface area contributed by atoms with Crippen molar-refractivity contribution in [3.05, 3.63) is 22.5 Å². The van der Waals surface area contributed by atoms with Crippen LogP contribution < -0.4 is 0 Å². The highest BCUT2D eigenvalue weighted by Crippen LogP contribution is 2.33. The summed E-state index contributed by atoms with van der Waals surface area (Å²) >= 11 is 0. The fourth-order valence-corrected chi connectivity index (χ4v) is 3.83. The molecule has 1 atom stereocenters. The van der Waals surface area contributed by atoms with E-state index < -0.39 is 5.41 Å². The van der Waals surface area contributed by atoms with Crippen LogP contribution in [0.3, 0.4) is 0 Å². The van der Waals surface area contributed by atoms with Crippen molar-refractivity contribution < 1.29 is 14.4 Å². The third kappa shape index (κ3) is 7.56. The van der Waals surface area contributed by atoms with Gasteiger partial charge in [0.25, 0.3) is 0 Å². The van der Waals surface area contributed by atoms with E-state index in [1.54, 1.807) is 6.92 Å². The van der Waals surface area contributed by atoms with Crippen LogP contribution in [-0.4, -0.2) is 22.8 Å². The minimum atomic E-state index is -0.655. The maximum Gasteiger partial charge on any atom is 0.166 e. The first-order valence-corrected chi connectivity index (χ1v) is 11.3. The molecule has 0 fully saturated rings. The molecule has 1 N–H and O–H groups in total. The topological polar surface area (TPSA) is 67.0 Å². The Labute approximate surface area is 177 Å². The highest BCUT2D eigenvalue weighted by atomic mass is 16.1. The molecule has 4 nitrogen and oxygen atoms in total. The van der Waals surface area contributed by atoms with E-state index >= 15 is 0 Å². The number of ketones is 2. The van der Waals surface area contributed by atoms with Crippen molar-refractivity contribution in [1.29, 1.82) is 0 Å². The summed E-state index contributed by atoms with van der Waals surface area (Å²) in [5.74, 6) is -0.152. The average Bonchev–Trinajstić information content (AvgIpc) is 2.94. The predicted octanol–water partition coefficient (Wildman–Crippen LogP) is 6.63. The lowest BCUT2D eigenvalue weighted by molar-refractivity contribution is -0.131. The van der Waals surface area contributed by atoms with Crippen LogP contribution in [0.2, 0.25) is 0 Å². The molecule has 0 aromatic carbocycles. The van der Waals surface area contributed by atoms with E-state index in [-0.39, 0.29) is 23.9 Å². The van der Waals surface area contributed by atoms with Gasteiger partial charge in [-0.05, 0) is 38.3 Å². The van der Waals surface area contributed by atoms with Crippen LogP contribution in [0.5, 0.6) is 0 Å². The SMILES string of the molecule is CCCCCCCCCCC(C(=O)CC(C)(C)C(C)=O)c1[nH]c(C=O)c(C)c1C. The van der Waals surface area contributed by atoms with E-state index in [1.165, 1.54) is 38.5 Å². The molecule has 164 valence electrons. The minimum absolute atomic E-state index is 0.0321. The molecule has 1 unspecified atom stereocenters. The molecule has 1 aromatic heterocycles. The van der Waals surface area contributed by atoms with Gasteiger partial charge in [0.1, 0.15) is 11.6 Å². The van der Waals surface area contributed by atoms with Crippen molar-refractivity contribution in [2.75, 3.05) is 0 Å². The van der Waals surface area contributed by atoms with E-state index in [9.17, 15) is 14.4 Å². The smallest absolute Gasteiger partial charge is 0.166 e. The van der Waals surface area contributed by atoms with Crippen molar-refractivity contribution >= 4 is 17.9 Å². The van der Waals surface area contributed by atoms with Gasteiger partial charge in [0, 0.05) is 17.5 Å². The Hall–Kier alpha value is -1.71. The normalized spacial score (nSPS) is 12.8. The summed E-state index contributed by atoms with van der Waals surface area (Å²) in [5, 5.41) is 0. The van der Waals surface area contributed by atoms with Crippen molar-refractivity contribution in [1.82, 2.24) is 4.98 Å². The number of nitrogens with one attached hydrogen (secondary N) is 1. The number of hydrogen-bond acceptors (Lipinski definition) is 3. The monoisotopic (exact) mass is 403 g/mol. The van der Waals surface area contributed by atoms with Crippen LogP contribution in [0, 0.1) is 19.3 Å². The molecule has 0 aliphatic carbocycles. The molecule has 4 heteroatoms. The largest absolute Gasteiger partial charge is 0.355 e. The summed E-state index contributed by atoms with van der Waals surface area (Å²) in [7, 11) is 0. The van der Waals surface area contributed by atoms with Gasteiger partial charge >= 0.3 is 0 Å². The fourth-order valence-electron chi connectivity index (χ4n) is 3.83. The second-order valence-electron chi connectivity index (χ2n) is 9.22. The molecule has 1 rings (SSSR count). The molecule has 0 spiro atoms. The van der Waals surface area contributed by atoms with Crippen LogP contribution in [-0.2, 0) is 9.59 Å². The maximum absolute atomic E-state index is 13.2. The van der Waals surface area contributed by atoms with Crippen LogP contribution in [0.25, 0.3) is 0 Å². The summed E-state index contributed by atoms with van der Waals surface area (Å²) in [6.45, 7) is 11.3. The minimum Gasteiger partial charge on any atom is -0.355 e. The maximum atomic E-state index is 13.2. The molecule has 0 saturated carbocycles. The Morgan fingerprint density at radius 3 is 2.00 bits per heavy atom. The number of hydrogen-bond donors (Lipinski definition) is 1. The number of H-pyrrole nitrogens is 1. The molecule has 0 saturated heterocycles. The lowest BCUT2D eigenvalue weighted by Crippen LogP contribution is -2.28. The molecular weight excluding hydrogens is 362 g/mol. The van der Waals surface area contributed by atoms with E-state index in [4.69, 9.17) is 0 Å². The Morgan fingerprint density at radius 1 is 0.966 bits per heavy atom. The summed E-state index contributed by atoms with van der Waals surface area (Å²) in [4.78, 5) is 39.7. The number of aldehydes is 1. The average molecular weight is 404 g/mol. The Morgan fingerprint density at radius 2 is 1.52 bits per heavy atom. The first-order valence-electron chi connectivity index (χ1n) is 11.3. The van der Waals surface area contributed by atoms with Crippen molar-refractivity contribution in [3.63, 3.8) is 0 Å². The summed E-state index contributed by atoms with van der Waals surface area (Å²) in [6.07, 6.45) is 11.6. The van der Waals surface area contributed by atoms with Gasteiger partial charge in [0.05, 0.1) is 11.6 Å². The molecule has 1 aromatic rings.